The molecule has 0 bridgehead atoms. The van der Waals surface area contributed by atoms with Crippen molar-refractivity contribution in [3.05, 3.63) is 22.2 Å². The SMILES string of the molecule is CCOc1cc(Br)c(CNC)cc1OC. The Morgan fingerprint density at radius 2 is 2.07 bits per heavy atom. The third-order valence-electron chi connectivity index (χ3n) is 2.00. The van der Waals surface area contributed by atoms with Gasteiger partial charge in [0.15, 0.2) is 11.5 Å². The van der Waals surface area contributed by atoms with Gasteiger partial charge in [0.1, 0.15) is 0 Å². The van der Waals surface area contributed by atoms with Crippen LogP contribution >= 0.6 is 15.9 Å². The van der Waals surface area contributed by atoms with Crippen molar-refractivity contribution in [2.24, 2.45) is 0 Å². The van der Waals surface area contributed by atoms with E-state index in [9.17, 15) is 0 Å². The Hall–Kier alpha value is -0.740. The Bertz CT molecular complexity index is 329. The number of halogens is 1. The van der Waals surface area contributed by atoms with Crippen LogP contribution in [-0.4, -0.2) is 20.8 Å². The molecule has 0 heterocycles. The molecule has 0 aliphatic carbocycles. The van der Waals surface area contributed by atoms with Crippen LogP contribution in [0.25, 0.3) is 0 Å². The summed E-state index contributed by atoms with van der Waals surface area (Å²) in [6, 6.07) is 3.92. The molecule has 1 aromatic rings. The molecule has 3 nitrogen and oxygen atoms in total. The molecule has 0 aliphatic heterocycles. The predicted molar refractivity (Wildman–Crippen MR) is 64.6 cm³/mol. The van der Waals surface area contributed by atoms with Gasteiger partial charge in [-0.2, -0.15) is 0 Å². The van der Waals surface area contributed by atoms with Crippen LogP contribution in [0.2, 0.25) is 0 Å². The summed E-state index contributed by atoms with van der Waals surface area (Å²) in [5, 5.41) is 3.10. The monoisotopic (exact) mass is 273 g/mol. The standard InChI is InChI=1S/C11H16BrNO2/c1-4-15-11-6-9(12)8(7-13-2)5-10(11)14-3/h5-6,13H,4,7H2,1-3H3. The fourth-order valence-electron chi connectivity index (χ4n) is 1.33. The van der Waals surface area contributed by atoms with Gasteiger partial charge in [0.05, 0.1) is 13.7 Å². The quantitative estimate of drug-likeness (QED) is 0.895. The third-order valence-corrected chi connectivity index (χ3v) is 2.74. The van der Waals surface area contributed by atoms with Gasteiger partial charge < -0.3 is 14.8 Å². The topological polar surface area (TPSA) is 30.5 Å². The molecule has 0 amide bonds. The number of rotatable bonds is 5. The van der Waals surface area contributed by atoms with Gasteiger partial charge in [-0.25, -0.2) is 0 Å². The van der Waals surface area contributed by atoms with E-state index in [-0.39, 0.29) is 0 Å². The number of hydrogen-bond acceptors (Lipinski definition) is 3. The van der Waals surface area contributed by atoms with Gasteiger partial charge in [-0.05, 0) is 31.7 Å². The lowest BCUT2D eigenvalue weighted by Crippen LogP contribution is -2.06. The molecule has 0 unspecified atom stereocenters. The first-order chi connectivity index (χ1) is 7.22. The Kier molecular flexibility index (Phi) is 4.91. The van der Waals surface area contributed by atoms with Crippen molar-refractivity contribution < 1.29 is 9.47 Å². The van der Waals surface area contributed by atoms with E-state index >= 15 is 0 Å². The lowest BCUT2D eigenvalue weighted by molar-refractivity contribution is 0.310. The van der Waals surface area contributed by atoms with Gasteiger partial charge in [0.25, 0.3) is 0 Å². The van der Waals surface area contributed by atoms with Crippen molar-refractivity contribution >= 4 is 15.9 Å². The van der Waals surface area contributed by atoms with E-state index in [1.165, 1.54) is 0 Å². The third kappa shape index (κ3) is 3.11. The minimum absolute atomic E-state index is 0.633. The maximum absolute atomic E-state index is 5.47. The van der Waals surface area contributed by atoms with Gasteiger partial charge in [-0.3, -0.25) is 0 Å². The molecule has 0 atom stereocenters. The second-order valence-corrected chi connectivity index (χ2v) is 3.91. The Morgan fingerprint density at radius 1 is 1.33 bits per heavy atom. The van der Waals surface area contributed by atoms with Crippen LogP contribution in [0, 0.1) is 0 Å². The van der Waals surface area contributed by atoms with Gasteiger partial charge in [-0.1, -0.05) is 15.9 Å². The summed E-state index contributed by atoms with van der Waals surface area (Å²) >= 11 is 3.51. The first-order valence-corrected chi connectivity index (χ1v) is 5.66. The lowest BCUT2D eigenvalue weighted by Gasteiger charge is -2.12. The average Bonchev–Trinajstić information content (AvgIpc) is 2.22. The zero-order valence-electron chi connectivity index (χ0n) is 9.26. The van der Waals surface area contributed by atoms with E-state index in [4.69, 9.17) is 9.47 Å². The highest BCUT2D eigenvalue weighted by Crippen LogP contribution is 2.33. The number of benzene rings is 1. The first kappa shape index (κ1) is 12.3. The lowest BCUT2D eigenvalue weighted by atomic mass is 10.2. The molecule has 0 spiro atoms. The molecule has 0 fully saturated rings. The van der Waals surface area contributed by atoms with Gasteiger partial charge in [-0.15, -0.1) is 0 Å². The number of methoxy groups -OCH3 is 1. The van der Waals surface area contributed by atoms with Crippen molar-refractivity contribution in [3.63, 3.8) is 0 Å². The summed E-state index contributed by atoms with van der Waals surface area (Å²) < 4.78 is 11.8. The molecule has 0 saturated heterocycles. The minimum atomic E-state index is 0.633. The number of ether oxygens (including phenoxy) is 2. The van der Waals surface area contributed by atoms with Crippen LogP contribution in [0.4, 0.5) is 0 Å². The van der Waals surface area contributed by atoms with E-state index in [0.29, 0.717) is 6.61 Å². The summed E-state index contributed by atoms with van der Waals surface area (Å²) in [6.45, 7) is 3.38. The van der Waals surface area contributed by atoms with Gasteiger partial charge in [0, 0.05) is 11.0 Å². The van der Waals surface area contributed by atoms with E-state index in [1.54, 1.807) is 7.11 Å². The molecule has 1 rings (SSSR count). The van der Waals surface area contributed by atoms with Crippen LogP contribution in [0.15, 0.2) is 16.6 Å². The maximum Gasteiger partial charge on any atom is 0.162 e. The molecule has 0 saturated carbocycles. The van der Waals surface area contributed by atoms with E-state index in [1.807, 2.05) is 26.1 Å². The van der Waals surface area contributed by atoms with E-state index in [0.717, 1.165) is 28.1 Å². The maximum atomic E-state index is 5.47. The van der Waals surface area contributed by atoms with Crippen molar-refractivity contribution in [2.75, 3.05) is 20.8 Å². The fraction of sp³-hybridized carbons (Fsp3) is 0.455. The highest BCUT2D eigenvalue weighted by atomic mass is 79.9. The molecule has 0 radical (unpaired) electrons. The second kappa shape index (κ2) is 5.98. The normalized spacial score (nSPS) is 10.1. The van der Waals surface area contributed by atoms with Crippen molar-refractivity contribution in [1.29, 1.82) is 0 Å². The molecule has 15 heavy (non-hydrogen) atoms. The van der Waals surface area contributed by atoms with Crippen LogP contribution in [0.3, 0.4) is 0 Å². The zero-order chi connectivity index (χ0) is 11.3. The molecule has 1 aromatic carbocycles. The highest BCUT2D eigenvalue weighted by Gasteiger charge is 2.09. The second-order valence-electron chi connectivity index (χ2n) is 3.06. The van der Waals surface area contributed by atoms with Crippen LogP contribution in [0.1, 0.15) is 12.5 Å². The van der Waals surface area contributed by atoms with Gasteiger partial charge >= 0.3 is 0 Å². The molecular formula is C11H16BrNO2. The Morgan fingerprint density at radius 3 is 2.60 bits per heavy atom. The summed E-state index contributed by atoms with van der Waals surface area (Å²) in [4.78, 5) is 0. The van der Waals surface area contributed by atoms with E-state index < -0.39 is 0 Å². The predicted octanol–water partition coefficient (Wildman–Crippen LogP) is 2.58. The van der Waals surface area contributed by atoms with Crippen LogP contribution < -0.4 is 14.8 Å². The minimum Gasteiger partial charge on any atom is -0.493 e. The van der Waals surface area contributed by atoms with Crippen LogP contribution in [-0.2, 0) is 6.54 Å². The first-order valence-electron chi connectivity index (χ1n) is 4.86. The van der Waals surface area contributed by atoms with E-state index in [2.05, 4.69) is 21.2 Å². The average molecular weight is 274 g/mol. The zero-order valence-corrected chi connectivity index (χ0v) is 10.8. The summed E-state index contributed by atoms with van der Waals surface area (Å²) in [5.41, 5.74) is 1.15. The van der Waals surface area contributed by atoms with Gasteiger partial charge in [0.2, 0.25) is 0 Å². The molecule has 0 aliphatic rings. The van der Waals surface area contributed by atoms with Crippen molar-refractivity contribution in [3.8, 4) is 11.5 Å². The van der Waals surface area contributed by atoms with Crippen molar-refractivity contribution in [1.82, 2.24) is 5.32 Å². The Labute approximate surface area is 98.9 Å². The number of hydrogen-bond donors (Lipinski definition) is 1. The molecular weight excluding hydrogens is 258 g/mol. The van der Waals surface area contributed by atoms with Crippen molar-refractivity contribution in [2.45, 2.75) is 13.5 Å². The summed E-state index contributed by atoms with van der Waals surface area (Å²) in [7, 11) is 3.56. The molecule has 84 valence electrons. The highest BCUT2D eigenvalue weighted by molar-refractivity contribution is 9.10. The molecule has 1 N–H and O–H groups in total. The fourth-order valence-corrected chi connectivity index (χ4v) is 1.79. The molecule has 4 heteroatoms. The summed E-state index contributed by atoms with van der Waals surface area (Å²) in [6.07, 6.45) is 0. The molecule has 0 aromatic heterocycles. The summed E-state index contributed by atoms with van der Waals surface area (Å²) in [5.74, 6) is 1.54. The number of nitrogens with one attached hydrogen (secondary N) is 1. The largest absolute Gasteiger partial charge is 0.493 e. The Balaban J connectivity index is 3.04. The van der Waals surface area contributed by atoms with Crippen LogP contribution in [0.5, 0.6) is 11.5 Å². The smallest absolute Gasteiger partial charge is 0.162 e.